The van der Waals surface area contributed by atoms with Crippen molar-refractivity contribution in [3.8, 4) is 0 Å². The van der Waals surface area contributed by atoms with Crippen molar-refractivity contribution in [1.29, 1.82) is 0 Å². The van der Waals surface area contributed by atoms with E-state index in [1.54, 1.807) is 29.2 Å². The number of hydrogen-bond acceptors (Lipinski definition) is 1. The van der Waals surface area contributed by atoms with Gasteiger partial charge in [0.25, 0.3) is 0 Å². The normalized spacial score (nSPS) is 9.89. The Bertz CT molecular complexity index is 557. The molecule has 0 radical (unpaired) electrons. The molecule has 1 aromatic carbocycles. The molecule has 2 amide bonds. The van der Waals surface area contributed by atoms with E-state index in [2.05, 4.69) is 10.7 Å². The van der Waals surface area contributed by atoms with Gasteiger partial charge in [-0.1, -0.05) is 28.4 Å². The molecule has 1 heterocycles. The minimum Gasteiger partial charge on any atom is -0.304 e. The number of benzene rings is 1. The predicted octanol–water partition coefficient (Wildman–Crippen LogP) is 2.71. The first-order chi connectivity index (χ1) is 8.65. The molecule has 0 bridgehead atoms. The van der Waals surface area contributed by atoms with Crippen molar-refractivity contribution >= 4 is 23.3 Å². The van der Waals surface area contributed by atoms with Crippen LogP contribution in [0.1, 0.15) is 5.56 Å². The number of pyridine rings is 1. The number of hydrogen-bond donors (Lipinski definition) is 2. The van der Waals surface area contributed by atoms with Crippen LogP contribution in [0.2, 0.25) is 5.02 Å². The number of nitrogens with one attached hydrogen (secondary N) is 2. The Balaban J connectivity index is 2.01. The van der Waals surface area contributed by atoms with Crippen LogP contribution >= 0.6 is 11.6 Å². The summed E-state index contributed by atoms with van der Waals surface area (Å²) in [5, 5.41) is 3.33. The largest absolute Gasteiger partial charge is 0.372 e. The van der Waals surface area contributed by atoms with Gasteiger partial charge in [0, 0.05) is 22.8 Å². The van der Waals surface area contributed by atoms with E-state index < -0.39 is 0 Å². The smallest absolute Gasteiger partial charge is 0.304 e. The molecule has 2 N–H and O–H groups in total. The zero-order chi connectivity index (χ0) is 13.0. The molecule has 1 aromatic heterocycles. The van der Waals surface area contributed by atoms with Gasteiger partial charge in [-0.25, -0.2) is 4.79 Å². The summed E-state index contributed by atoms with van der Waals surface area (Å²) in [6, 6.07) is 10.6. The summed E-state index contributed by atoms with van der Waals surface area (Å²) in [6.07, 6.45) is 3.48. The lowest BCUT2D eigenvalue weighted by Gasteiger charge is -2.05. The van der Waals surface area contributed by atoms with Crippen molar-refractivity contribution in [2.75, 3.05) is 10.7 Å². The topological polar surface area (TPSA) is 45.0 Å². The number of carbonyl (C=O) groups excluding carboxylic acids is 1. The Kier molecular flexibility index (Phi) is 3.79. The van der Waals surface area contributed by atoms with Crippen LogP contribution in [0.5, 0.6) is 0 Å². The molecule has 0 aliphatic rings. The Morgan fingerprint density at radius 3 is 2.61 bits per heavy atom. The van der Waals surface area contributed by atoms with E-state index in [1.807, 2.05) is 31.2 Å². The van der Waals surface area contributed by atoms with Crippen LogP contribution in [-0.2, 0) is 0 Å². The van der Waals surface area contributed by atoms with E-state index in [-0.39, 0.29) is 6.03 Å². The minimum atomic E-state index is -0.328. The van der Waals surface area contributed by atoms with Crippen molar-refractivity contribution in [2.45, 2.75) is 6.92 Å². The van der Waals surface area contributed by atoms with E-state index in [1.165, 1.54) is 0 Å². The summed E-state index contributed by atoms with van der Waals surface area (Å²) in [6.45, 7) is 1.91. The third kappa shape index (κ3) is 3.21. The molecule has 4 nitrogen and oxygen atoms in total. The van der Waals surface area contributed by atoms with Crippen LogP contribution in [0.25, 0.3) is 0 Å². The van der Waals surface area contributed by atoms with Gasteiger partial charge in [0.1, 0.15) is 0 Å². The highest BCUT2D eigenvalue weighted by Crippen LogP contribution is 2.19. The highest BCUT2D eigenvalue weighted by Gasteiger charge is 2.07. The third-order valence-electron chi connectivity index (χ3n) is 2.38. The molecular formula is C13H13ClN3O+. The molecule has 2 aromatic rings. The number of aryl methyl sites for hydroxylation is 1. The average molecular weight is 263 g/mol. The number of rotatable bonds is 2. The summed E-state index contributed by atoms with van der Waals surface area (Å²) in [7, 11) is 0. The number of nitrogens with zero attached hydrogens (tertiary/aromatic N) is 1. The van der Waals surface area contributed by atoms with Crippen molar-refractivity contribution in [1.82, 2.24) is 0 Å². The number of amides is 2. The van der Waals surface area contributed by atoms with Crippen molar-refractivity contribution in [3.05, 3.63) is 59.4 Å². The van der Waals surface area contributed by atoms with Gasteiger partial charge in [0.15, 0.2) is 12.4 Å². The molecule has 0 spiro atoms. The van der Waals surface area contributed by atoms with E-state index in [4.69, 9.17) is 11.6 Å². The Labute approximate surface area is 110 Å². The molecule has 0 saturated carbocycles. The van der Waals surface area contributed by atoms with Gasteiger partial charge in [-0.05, 0) is 24.6 Å². The molecule has 92 valence electrons. The molecule has 18 heavy (non-hydrogen) atoms. The van der Waals surface area contributed by atoms with Crippen molar-refractivity contribution in [3.63, 3.8) is 0 Å². The first-order valence-electron chi connectivity index (χ1n) is 5.45. The maximum Gasteiger partial charge on any atom is 0.372 e. The first kappa shape index (κ1) is 12.4. The van der Waals surface area contributed by atoms with E-state index in [0.29, 0.717) is 10.7 Å². The van der Waals surface area contributed by atoms with Crippen LogP contribution < -0.4 is 15.4 Å². The lowest BCUT2D eigenvalue weighted by atomic mass is 10.2. The Morgan fingerprint density at radius 2 is 1.94 bits per heavy atom. The second kappa shape index (κ2) is 5.51. The second-order valence-electron chi connectivity index (χ2n) is 3.81. The molecule has 2 rings (SSSR count). The fourth-order valence-electron chi connectivity index (χ4n) is 1.42. The summed E-state index contributed by atoms with van der Waals surface area (Å²) in [5.41, 5.74) is 4.27. The van der Waals surface area contributed by atoms with E-state index >= 15 is 0 Å². The molecule has 0 fully saturated rings. The van der Waals surface area contributed by atoms with Crippen molar-refractivity contribution < 1.29 is 9.47 Å². The Morgan fingerprint density at radius 1 is 1.22 bits per heavy atom. The van der Waals surface area contributed by atoms with Crippen LogP contribution in [0.15, 0.2) is 48.8 Å². The van der Waals surface area contributed by atoms with Gasteiger partial charge < -0.3 is 5.32 Å². The quantitative estimate of drug-likeness (QED) is 0.803. The average Bonchev–Trinajstić information content (AvgIpc) is 2.35. The molecular weight excluding hydrogens is 250 g/mol. The number of anilines is 1. The highest BCUT2D eigenvalue weighted by atomic mass is 35.5. The van der Waals surface area contributed by atoms with Crippen molar-refractivity contribution in [2.24, 2.45) is 0 Å². The number of aromatic nitrogens is 1. The number of urea groups is 1. The lowest BCUT2D eigenvalue weighted by Crippen LogP contribution is -2.49. The van der Waals surface area contributed by atoms with Crippen LogP contribution in [-0.4, -0.2) is 6.03 Å². The van der Waals surface area contributed by atoms with Crippen LogP contribution in [0.3, 0.4) is 0 Å². The molecule has 0 aliphatic carbocycles. The Hall–Kier alpha value is -2.07. The summed E-state index contributed by atoms with van der Waals surface area (Å²) in [4.78, 5) is 11.7. The molecule has 0 aliphatic heterocycles. The fraction of sp³-hybridized carbons (Fsp3) is 0.0769. The molecule has 5 heteroatoms. The zero-order valence-electron chi connectivity index (χ0n) is 9.85. The van der Waals surface area contributed by atoms with Gasteiger partial charge in [0.2, 0.25) is 0 Å². The summed E-state index contributed by atoms with van der Waals surface area (Å²) >= 11 is 5.98. The van der Waals surface area contributed by atoms with Gasteiger partial charge >= 0.3 is 6.03 Å². The van der Waals surface area contributed by atoms with Gasteiger partial charge in [-0.15, -0.1) is 5.43 Å². The van der Waals surface area contributed by atoms with Crippen LogP contribution in [0, 0.1) is 6.92 Å². The van der Waals surface area contributed by atoms with Crippen LogP contribution in [0.4, 0.5) is 10.5 Å². The van der Waals surface area contributed by atoms with E-state index in [0.717, 1.165) is 5.56 Å². The zero-order valence-corrected chi connectivity index (χ0v) is 10.6. The SMILES string of the molecule is Cc1ccc(NC(=O)N[n+]2ccccc2)cc1Cl. The standard InChI is InChI=1S/C13H12ClN3O/c1-10-5-6-11(9-12(10)14)15-13(18)16-17-7-3-2-4-8-17/h2-9H,1H3,(H-,15,16,18)/p+1. The van der Waals surface area contributed by atoms with Gasteiger partial charge in [-0.3, -0.25) is 0 Å². The third-order valence-corrected chi connectivity index (χ3v) is 2.78. The molecule has 0 saturated heterocycles. The maximum atomic E-state index is 11.7. The highest BCUT2D eigenvalue weighted by molar-refractivity contribution is 6.31. The minimum absolute atomic E-state index is 0.328. The van der Waals surface area contributed by atoms with E-state index in [9.17, 15) is 4.79 Å². The fourth-order valence-corrected chi connectivity index (χ4v) is 1.60. The monoisotopic (exact) mass is 262 g/mol. The first-order valence-corrected chi connectivity index (χ1v) is 5.83. The predicted molar refractivity (Wildman–Crippen MR) is 71.2 cm³/mol. The summed E-state index contributed by atoms with van der Waals surface area (Å²) < 4.78 is 1.56. The second-order valence-corrected chi connectivity index (χ2v) is 4.22. The molecule has 0 atom stereocenters. The lowest BCUT2D eigenvalue weighted by molar-refractivity contribution is -0.641. The number of carbonyl (C=O) groups is 1. The summed E-state index contributed by atoms with van der Waals surface area (Å²) in [5.74, 6) is 0. The number of halogens is 1. The van der Waals surface area contributed by atoms with Gasteiger partial charge in [-0.2, -0.15) is 0 Å². The van der Waals surface area contributed by atoms with Gasteiger partial charge in [0.05, 0.1) is 0 Å². The maximum absolute atomic E-state index is 11.7. The molecule has 0 unspecified atom stereocenters.